The third-order valence-corrected chi connectivity index (χ3v) is 3.96. The van der Waals surface area contributed by atoms with Gasteiger partial charge in [-0.15, -0.1) is 0 Å². The number of halogens is 2. The summed E-state index contributed by atoms with van der Waals surface area (Å²) in [4.78, 5) is 10.4. The zero-order chi connectivity index (χ0) is 17.9. The van der Waals surface area contributed by atoms with Gasteiger partial charge in [0.05, 0.1) is 26.3 Å². The molecular formula is C15H14BrFN2O5. The zero-order valence-electron chi connectivity index (χ0n) is 13.1. The molecule has 0 unspecified atom stereocenters. The number of hydrogen-bond acceptors (Lipinski definition) is 6. The molecule has 24 heavy (non-hydrogen) atoms. The van der Waals surface area contributed by atoms with E-state index in [1.807, 2.05) is 0 Å². The van der Waals surface area contributed by atoms with Crippen molar-refractivity contribution in [3.05, 3.63) is 44.7 Å². The van der Waals surface area contributed by atoms with Gasteiger partial charge >= 0.3 is 5.69 Å². The third-order valence-electron chi connectivity index (χ3n) is 3.18. The van der Waals surface area contributed by atoms with Crippen molar-refractivity contribution in [3.8, 4) is 17.2 Å². The van der Waals surface area contributed by atoms with Gasteiger partial charge in [0.25, 0.3) is 0 Å². The van der Waals surface area contributed by atoms with Crippen LogP contribution in [-0.2, 0) is 0 Å². The number of methoxy groups -OCH3 is 3. The molecule has 0 radical (unpaired) electrons. The number of nitro benzene ring substituents is 1. The van der Waals surface area contributed by atoms with Gasteiger partial charge < -0.3 is 19.5 Å². The van der Waals surface area contributed by atoms with Crippen molar-refractivity contribution in [2.45, 2.75) is 0 Å². The molecule has 0 saturated carbocycles. The highest BCUT2D eigenvalue weighted by molar-refractivity contribution is 9.10. The van der Waals surface area contributed by atoms with Gasteiger partial charge in [-0.1, -0.05) is 0 Å². The van der Waals surface area contributed by atoms with Crippen LogP contribution >= 0.6 is 15.9 Å². The van der Waals surface area contributed by atoms with Crippen molar-refractivity contribution in [2.24, 2.45) is 0 Å². The Morgan fingerprint density at radius 3 is 2.12 bits per heavy atom. The molecule has 0 aliphatic rings. The van der Waals surface area contributed by atoms with Crippen LogP contribution in [0.1, 0.15) is 0 Å². The molecule has 128 valence electrons. The maximum Gasteiger partial charge on any atom is 0.328 e. The SMILES string of the molecule is COc1cc(F)c([N+](=O)[O-])c(Nc2cc(OC)c(Br)c(OC)c2)c1. The first-order chi connectivity index (χ1) is 11.4. The topological polar surface area (TPSA) is 82.9 Å². The molecule has 0 heterocycles. The molecule has 0 saturated heterocycles. The maximum absolute atomic E-state index is 14.0. The highest BCUT2D eigenvalue weighted by Crippen LogP contribution is 2.40. The van der Waals surface area contributed by atoms with Crippen LogP contribution in [0.4, 0.5) is 21.5 Å². The first-order valence-electron chi connectivity index (χ1n) is 6.61. The Morgan fingerprint density at radius 2 is 1.67 bits per heavy atom. The van der Waals surface area contributed by atoms with Crippen molar-refractivity contribution in [2.75, 3.05) is 26.6 Å². The fraction of sp³-hybridized carbons (Fsp3) is 0.200. The van der Waals surface area contributed by atoms with Crippen LogP contribution in [0.2, 0.25) is 0 Å². The van der Waals surface area contributed by atoms with E-state index in [1.54, 1.807) is 12.1 Å². The van der Waals surface area contributed by atoms with E-state index in [9.17, 15) is 14.5 Å². The predicted molar refractivity (Wildman–Crippen MR) is 90.1 cm³/mol. The van der Waals surface area contributed by atoms with E-state index < -0.39 is 16.4 Å². The zero-order valence-corrected chi connectivity index (χ0v) is 14.6. The first-order valence-corrected chi connectivity index (χ1v) is 7.41. The monoisotopic (exact) mass is 400 g/mol. The second-order valence-electron chi connectivity index (χ2n) is 4.58. The Labute approximate surface area is 145 Å². The van der Waals surface area contributed by atoms with Gasteiger partial charge in [0, 0.05) is 30.0 Å². The molecule has 2 rings (SSSR count). The summed E-state index contributed by atoms with van der Waals surface area (Å²) in [6, 6.07) is 5.47. The summed E-state index contributed by atoms with van der Waals surface area (Å²) >= 11 is 3.33. The fourth-order valence-corrected chi connectivity index (χ4v) is 2.62. The molecule has 0 bridgehead atoms. The number of nitrogens with zero attached hydrogens (tertiary/aromatic N) is 1. The van der Waals surface area contributed by atoms with E-state index >= 15 is 0 Å². The van der Waals surface area contributed by atoms with E-state index in [-0.39, 0.29) is 11.4 Å². The molecular weight excluding hydrogens is 387 g/mol. The van der Waals surface area contributed by atoms with Crippen LogP contribution in [0.3, 0.4) is 0 Å². The largest absolute Gasteiger partial charge is 0.497 e. The smallest absolute Gasteiger partial charge is 0.328 e. The van der Waals surface area contributed by atoms with Crippen LogP contribution in [0.5, 0.6) is 17.2 Å². The van der Waals surface area contributed by atoms with Gasteiger partial charge in [0.2, 0.25) is 5.82 Å². The van der Waals surface area contributed by atoms with E-state index in [0.717, 1.165) is 6.07 Å². The lowest BCUT2D eigenvalue weighted by atomic mass is 10.2. The van der Waals surface area contributed by atoms with Gasteiger partial charge in [0.1, 0.15) is 27.4 Å². The van der Waals surface area contributed by atoms with Crippen LogP contribution in [-0.4, -0.2) is 26.3 Å². The summed E-state index contributed by atoms with van der Waals surface area (Å²) in [5.41, 5.74) is -0.317. The lowest BCUT2D eigenvalue weighted by molar-refractivity contribution is -0.386. The molecule has 2 aromatic carbocycles. The summed E-state index contributed by atoms with van der Waals surface area (Å²) in [7, 11) is 4.28. The summed E-state index contributed by atoms with van der Waals surface area (Å²) in [5.74, 6) is 0.0419. The molecule has 2 aromatic rings. The molecule has 0 aliphatic heterocycles. The summed E-state index contributed by atoms with van der Waals surface area (Å²) < 4.78 is 30.0. The van der Waals surface area contributed by atoms with Gasteiger partial charge in [-0.2, -0.15) is 4.39 Å². The van der Waals surface area contributed by atoms with Gasteiger partial charge in [-0.25, -0.2) is 0 Å². The van der Waals surface area contributed by atoms with Crippen LogP contribution in [0.25, 0.3) is 0 Å². The predicted octanol–water partition coefficient (Wildman–Crippen LogP) is 4.27. The molecule has 7 nitrogen and oxygen atoms in total. The molecule has 1 N–H and O–H groups in total. The normalized spacial score (nSPS) is 10.2. The summed E-state index contributed by atoms with van der Waals surface area (Å²) in [6.07, 6.45) is 0. The average molecular weight is 401 g/mol. The Morgan fingerprint density at radius 1 is 1.08 bits per heavy atom. The number of rotatable bonds is 6. The van der Waals surface area contributed by atoms with E-state index in [1.165, 1.54) is 27.4 Å². The number of benzene rings is 2. The van der Waals surface area contributed by atoms with Crippen molar-refractivity contribution in [1.82, 2.24) is 0 Å². The Balaban J connectivity index is 2.55. The van der Waals surface area contributed by atoms with Crippen molar-refractivity contribution >= 4 is 33.0 Å². The number of nitro groups is 1. The second-order valence-corrected chi connectivity index (χ2v) is 5.38. The highest BCUT2D eigenvalue weighted by atomic mass is 79.9. The molecule has 9 heteroatoms. The summed E-state index contributed by atoms with van der Waals surface area (Å²) in [5, 5.41) is 14.0. The minimum Gasteiger partial charge on any atom is -0.497 e. The Bertz CT molecular complexity index is 760. The highest BCUT2D eigenvalue weighted by Gasteiger charge is 2.23. The lowest BCUT2D eigenvalue weighted by Gasteiger charge is -2.14. The quantitative estimate of drug-likeness (QED) is 0.575. The minimum atomic E-state index is -1.00. The maximum atomic E-state index is 14.0. The van der Waals surface area contributed by atoms with E-state index in [0.29, 0.717) is 21.7 Å². The molecule has 0 aromatic heterocycles. The molecule has 0 fully saturated rings. The van der Waals surface area contributed by atoms with Crippen LogP contribution < -0.4 is 19.5 Å². The van der Waals surface area contributed by atoms with Crippen molar-refractivity contribution in [1.29, 1.82) is 0 Å². The van der Waals surface area contributed by atoms with Gasteiger partial charge in [0.15, 0.2) is 0 Å². The molecule has 0 amide bonds. The molecule has 0 atom stereocenters. The fourth-order valence-electron chi connectivity index (χ4n) is 2.07. The second kappa shape index (κ2) is 7.35. The molecule has 0 aliphatic carbocycles. The van der Waals surface area contributed by atoms with E-state index in [4.69, 9.17) is 14.2 Å². The average Bonchev–Trinajstić information content (AvgIpc) is 2.55. The van der Waals surface area contributed by atoms with Gasteiger partial charge in [-0.05, 0) is 15.9 Å². The number of nitrogens with one attached hydrogen (secondary N) is 1. The van der Waals surface area contributed by atoms with Crippen molar-refractivity contribution in [3.63, 3.8) is 0 Å². The van der Waals surface area contributed by atoms with E-state index in [2.05, 4.69) is 21.2 Å². The Kier molecular flexibility index (Phi) is 5.45. The van der Waals surface area contributed by atoms with Crippen molar-refractivity contribution < 1.29 is 23.5 Å². The summed E-state index contributed by atoms with van der Waals surface area (Å²) in [6.45, 7) is 0. The van der Waals surface area contributed by atoms with Gasteiger partial charge in [-0.3, -0.25) is 10.1 Å². The standard InChI is InChI=1S/C15H14BrFN2O5/c1-22-9-6-10(17)15(19(20)21)11(7-9)18-8-4-12(23-2)14(16)13(5-8)24-3/h4-7,18H,1-3H3. The lowest BCUT2D eigenvalue weighted by Crippen LogP contribution is -2.02. The third kappa shape index (κ3) is 3.51. The minimum absolute atomic E-state index is 0.0525. The first kappa shape index (κ1) is 17.8. The van der Waals surface area contributed by atoms with Crippen LogP contribution in [0, 0.1) is 15.9 Å². The number of anilines is 2. The Hall–Kier alpha value is -2.55. The molecule has 0 spiro atoms. The number of ether oxygens (including phenoxy) is 3. The number of hydrogen-bond donors (Lipinski definition) is 1. The van der Waals surface area contributed by atoms with Crippen LogP contribution in [0.15, 0.2) is 28.7 Å².